The van der Waals surface area contributed by atoms with Crippen molar-refractivity contribution in [3.8, 4) is 22.9 Å². The Labute approximate surface area is 151 Å². The van der Waals surface area contributed by atoms with E-state index in [0.29, 0.717) is 22.9 Å². The van der Waals surface area contributed by atoms with Crippen LogP contribution in [0.3, 0.4) is 0 Å². The molecule has 7 nitrogen and oxygen atoms in total. The summed E-state index contributed by atoms with van der Waals surface area (Å²) in [7, 11) is 4.71. The van der Waals surface area contributed by atoms with Gasteiger partial charge in [-0.15, -0.1) is 0 Å². The molecule has 0 bridgehead atoms. The highest BCUT2D eigenvalue weighted by atomic mass is 16.5. The second-order valence-corrected chi connectivity index (χ2v) is 5.37. The Morgan fingerprint density at radius 1 is 0.923 bits per heavy atom. The number of nitrogens with one attached hydrogen (secondary N) is 1. The molecule has 1 aromatic heterocycles. The minimum Gasteiger partial charge on any atom is -0.497 e. The molecule has 0 aliphatic heterocycles. The predicted octanol–water partition coefficient (Wildman–Crippen LogP) is 3.15. The number of carbonyl (C=O) groups is 1. The number of amides is 1. The summed E-state index contributed by atoms with van der Waals surface area (Å²) in [5.41, 5.74) is 1.72. The first-order valence-electron chi connectivity index (χ1n) is 7.88. The lowest BCUT2D eigenvalue weighted by Gasteiger charge is -2.10. The van der Waals surface area contributed by atoms with Crippen LogP contribution in [0.5, 0.6) is 17.2 Å². The zero-order valence-corrected chi connectivity index (χ0v) is 14.7. The van der Waals surface area contributed by atoms with Crippen molar-refractivity contribution in [3.63, 3.8) is 0 Å². The van der Waals surface area contributed by atoms with Crippen molar-refractivity contribution in [1.82, 2.24) is 9.78 Å². The molecule has 0 unspecified atom stereocenters. The normalized spacial score (nSPS) is 10.3. The highest BCUT2D eigenvalue weighted by molar-refractivity contribution is 6.03. The molecular weight excluding hydrogens is 334 g/mol. The van der Waals surface area contributed by atoms with Gasteiger partial charge >= 0.3 is 0 Å². The van der Waals surface area contributed by atoms with Crippen LogP contribution in [0.25, 0.3) is 5.69 Å². The largest absolute Gasteiger partial charge is 0.497 e. The van der Waals surface area contributed by atoms with Crippen LogP contribution in [-0.2, 0) is 0 Å². The molecule has 3 rings (SSSR count). The van der Waals surface area contributed by atoms with Gasteiger partial charge in [0.05, 0.1) is 27.0 Å². The average molecular weight is 353 g/mol. The van der Waals surface area contributed by atoms with E-state index >= 15 is 0 Å². The van der Waals surface area contributed by atoms with Crippen molar-refractivity contribution in [3.05, 3.63) is 60.4 Å². The van der Waals surface area contributed by atoms with Crippen molar-refractivity contribution in [2.45, 2.75) is 0 Å². The van der Waals surface area contributed by atoms with Gasteiger partial charge in [-0.25, -0.2) is 4.68 Å². The van der Waals surface area contributed by atoms with Gasteiger partial charge in [-0.05, 0) is 42.5 Å². The van der Waals surface area contributed by atoms with E-state index in [4.69, 9.17) is 14.2 Å². The van der Waals surface area contributed by atoms with Crippen molar-refractivity contribution in [2.75, 3.05) is 26.6 Å². The van der Waals surface area contributed by atoms with Gasteiger partial charge in [-0.2, -0.15) is 5.10 Å². The molecule has 134 valence electrons. The van der Waals surface area contributed by atoms with E-state index in [1.54, 1.807) is 56.5 Å². The molecular formula is C19H19N3O4. The molecule has 0 atom stereocenters. The van der Waals surface area contributed by atoms with Crippen LogP contribution in [-0.4, -0.2) is 37.0 Å². The quantitative estimate of drug-likeness (QED) is 0.737. The fourth-order valence-corrected chi connectivity index (χ4v) is 2.43. The number of benzene rings is 2. The molecule has 0 saturated heterocycles. The molecule has 0 saturated carbocycles. The number of carbonyl (C=O) groups excluding carboxylic acids is 1. The van der Waals surface area contributed by atoms with Gasteiger partial charge in [0.15, 0.2) is 17.2 Å². The first kappa shape index (κ1) is 17.3. The minimum atomic E-state index is -0.315. The van der Waals surface area contributed by atoms with Gasteiger partial charge in [0.1, 0.15) is 5.75 Å². The first-order chi connectivity index (χ1) is 12.6. The second kappa shape index (κ2) is 7.60. The fourth-order valence-electron chi connectivity index (χ4n) is 2.43. The summed E-state index contributed by atoms with van der Waals surface area (Å²) >= 11 is 0. The Bertz CT molecular complexity index is 903. The van der Waals surface area contributed by atoms with Crippen molar-refractivity contribution < 1.29 is 19.0 Å². The number of ether oxygens (including phenoxy) is 3. The summed E-state index contributed by atoms with van der Waals surface area (Å²) in [6.07, 6.45) is 1.73. The summed E-state index contributed by atoms with van der Waals surface area (Å²) in [5.74, 6) is 1.57. The van der Waals surface area contributed by atoms with Gasteiger partial charge in [0.2, 0.25) is 0 Å². The first-order valence-corrected chi connectivity index (χ1v) is 7.88. The van der Waals surface area contributed by atoms with E-state index in [1.165, 1.54) is 0 Å². The lowest BCUT2D eigenvalue weighted by Crippen LogP contribution is -2.13. The van der Waals surface area contributed by atoms with E-state index in [9.17, 15) is 4.79 Å². The summed E-state index contributed by atoms with van der Waals surface area (Å²) in [5, 5.41) is 7.11. The lowest BCUT2D eigenvalue weighted by molar-refractivity contribution is 0.102. The number of aromatic nitrogens is 2. The van der Waals surface area contributed by atoms with E-state index < -0.39 is 0 Å². The number of anilines is 1. The van der Waals surface area contributed by atoms with Crippen LogP contribution in [0.4, 0.5) is 5.69 Å². The molecule has 0 aliphatic carbocycles. The highest BCUT2D eigenvalue weighted by Gasteiger charge is 2.12. The minimum absolute atomic E-state index is 0.301. The third-order valence-electron chi connectivity index (χ3n) is 3.80. The molecule has 2 aromatic carbocycles. The van der Waals surface area contributed by atoms with E-state index in [2.05, 4.69) is 10.4 Å². The van der Waals surface area contributed by atoms with Crippen LogP contribution in [0, 0.1) is 0 Å². The third-order valence-corrected chi connectivity index (χ3v) is 3.80. The molecule has 7 heteroatoms. The van der Waals surface area contributed by atoms with Gasteiger partial charge < -0.3 is 19.5 Å². The van der Waals surface area contributed by atoms with Crippen molar-refractivity contribution >= 4 is 11.6 Å². The number of nitrogens with zero attached hydrogens (tertiary/aromatic N) is 2. The van der Waals surface area contributed by atoms with Crippen LogP contribution in [0.15, 0.2) is 54.7 Å². The molecule has 3 aromatic rings. The molecule has 0 aliphatic rings. The summed E-state index contributed by atoms with van der Waals surface area (Å²) < 4.78 is 17.2. The maximum absolute atomic E-state index is 12.4. The van der Waals surface area contributed by atoms with Crippen molar-refractivity contribution in [1.29, 1.82) is 0 Å². The zero-order chi connectivity index (χ0) is 18.5. The Morgan fingerprint density at radius 3 is 2.31 bits per heavy atom. The Balaban J connectivity index is 1.75. The van der Waals surface area contributed by atoms with E-state index in [0.717, 1.165) is 11.4 Å². The smallest absolute Gasteiger partial charge is 0.276 e. The summed E-state index contributed by atoms with van der Waals surface area (Å²) in [6, 6.07) is 14.2. The zero-order valence-electron chi connectivity index (χ0n) is 14.7. The number of hydrogen-bond donors (Lipinski definition) is 1. The molecule has 0 radical (unpaired) electrons. The van der Waals surface area contributed by atoms with E-state index in [-0.39, 0.29) is 5.91 Å². The molecule has 1 heterocycles. The molecule has 1 amide bonds. The molecule has 0 spiro atoms. The summed E-state index contributed by atoms with van der Waals surface area (Å²) in [6.45, 7) is 0. The van der Waals surface area contributed by atoms with Crippen LogP contribution >= 0.6 is 0 Å². The third kappa shape index (κ3) is 3.61. The monoisotopic (exact) mass is 353 g/mol. The van der Waals surface area contributed by atoms with Gasteiger partial charge in [0, 0.05) is 18.0 Å². The lowest BCUT2D eigenvalue weighted by atomic mass is 10.2. The highest BCUT2D eigenvalue weighted by Crippen LogP contribution is 2.29. The van der Waals surface area contributed by atoms with Crippen LogP contribution < -0.4 is 19.5 Å². The molecule has 1 N–H and O–H groups in total. The maximum Gasteiger partial charge on any atom is 0.276 e. The Morgan fingerprint density at radius 2 is 1.65 bits per heavy atom. The van der Waals surface area contributed by atoms with Gasteiger partial charge in [-0.1, -0.05) is 0 Å². The van der Waals surface area contributed by atoms with E-state index in [1.807, 2.05) is 24.3 Å². The van der Waals surface area contributed by atoms with Crippen LogP contribution in [0.2, 0.25) is 0 Å². The SMILES string of the molecule is COc1ccc(-n2ccc(C(=O)Nc3ccc(OC)c(OC)c3)n2)cc1. The Kier molecular flexibility index (Phi) is 5.07. The molecule has 26 heavy (non-hydrogen) atoms. The van der Waals surface area contributed by atoms with Gasteiger partial charge in [0.25, 0.3) is 5.91 Å². The second-order valence-electron chi connectivity index (χ2n) is 5.37. The fraction of sp³-hybridized carbons (Fsp3) is 0.158. The molecule has 0 fully saturated rings. The average Bonchev–Trinajstić information content (AvgIpc) is 3.18. The standard InChI is InChI=1S/C19H19N3O4/c1-24-15-7-5-14(6-8-15)22-11-10-16(21-22)19(23)20-13-4-9-17(25-2)18(12-13)26-3/h4-12H,1-3H3,(H,20,23). The Hall–Kier alpha value is -3.48. The number of hydrogen-bond acceptors (Lipinski definition) is 5. The number of rotatable bonds is 6. The number of methoxy groups -OCH3 is 3. The van der Waals surface area contributed by atoms with Crippen molar-refractivity contribution in [2.24, 2.45) is 0 Å². The predicted molar refractivity (Wildman–Crippen MR) is 97.6 cm³/mol. The maximum atomic E-state index is 12.4. The van der Waals surface area contributed by atoms with Gasteiger partial charge in [-0.3, -0.25) is 4.79 Å². The van der Waals surface area contributed by atoms with Crippen LogP contribution in [0.1, 0.15) is 10.5 Å². The summed E-state index contributed by atoms with van der Waals surface area (Å²) in [4.78, 5) is 12.4. The topological polar surface area (TPSA) is 74.6 Å².